The summed E-state index contributed by atoms with van der Waals surface area (Å²) in [6.07, 6.45) is 4.26. The van der Waals surface area contributed by atoms with Gasteiger partial charge in [-0.2, -0.15) is 0 Å². The van der Waals surface area contributed by atoms with Crippen LogP contribution < -0.4 is 20.9 Å². The van der Waals surface area contributed by atoms with E-state index in [9.17, 15) is 4.79 Å². The second kappa shape index (κ2) is 6.88. The lowest BCUT2D eigenvalue weighted by molar-refractivity contribution is -0.122. The highest BCUT2D eigenvalue weighted by atomic mass is 32.1. The predicted molar refractivity (Wildman–Crippen MR) is 91.9 cm³/mol. The van der Waals surface area contributed by atoms with E-state index >= 15 is 0 Å². The number of carbonyl (C=O) groups excluding carboxylic acids is 1. The van der Waals surface area contributed by atoms with Crippen LogP contribution in [0.5, 0.6) is 5.75 Å². The van der Waals surface area contributed by atoms with Crippen molar-refractivity contribution in [3.05, 3.63) is 45.9 Å². The summed E-state index contributed by atoms with van der Waals surface area (Å²) in [6.45, 7) is 1.38. The van der Waals surface area contributed by atoms with Gasteiger partial charge in [-0.3, -0.25) is 4.79 Å². The topological polar surface area (TPSA) is 75.3 Å². The minimum Gasteiger partial charge on any atom is -0.493 e. The standard InChI is InChI=1S/C17H20N4O2S/c22-17(19-5-3-16-18-6-8-24-16)14-10-13(20-21-14)11-1-2-15-12(9-11)4-7-23-15/h1-2,6,8-9,13-14,20-21H,3-5,7,10H2,(H,19,22). The lowest BCUT2D eigenvalue weighted by Gasteiger charge is -2.11. The fourth-order valence-corrected chi connectivity index (χ4v) is 3.78. The lowest BCUT2D eigenvalue weighted by Crippen LogP contribution is -2.43. The van der Waals surface area contributed by atoms with Gasteiger partial charge in [0.2, 0.25) is 5.91 Å². The first-order chi connectivity index (χ1) is 11.8. The quantitative estimate of drug-likeness (QED) is 0.763. The van der Waals surface area contributed by atoms with Crippen molar-refractivity contribution in [3.8, 4) is 5.75 Å². The average molecular weight is 344 g/mol. The number of nitrogens with zero attached hydrogens (tertiary/aromatic N) is 1. The van der Waals surface area contributed by atoms with Crippen LogP contribution in [0.3, 0.4) is 0 Å². The van der Waals surface area contributed by atoms with Gasteiger partial charge >= 0.3 is 0 Å². The molecule has 1 saturated heterocycles. The van der Waals surface area contributed by atoms with Crippen LogP contribution in [-0.2, 0) is 17.6 Å². The number of aromatic nitrogens is 1. The number of fused-ring (bicyclic) bond motifs is 1. The summed E-state index contributed by atoms with van der Waals surface area (Å²) >= 11 is 1.61. The van der Waals surface area contributed by atoms with E-state index in [1.165, 1.54) is 11.1 Å². The monoisotopic (exact) mass is 344 g/mol. The summed E-state index contributed by atoms with van der Waals surface area (Å²) in [5, 5.41) is 5.98. The number of ether oxygens (including phenoxy) is 1. The zero-order valence-electron chi connectivity index (χ0n) is 13.2. The Morgan fingerprint density at radius 2 is 2.38 bits per heavy atom. The lowest BCUT2D eigenvalue weighted by atomic mass is 9.99. The number of nitrogens with one attached hydrogen (secondary N) is 3. The van der Waals surface area contributed by atoms with Crippen molar-refractivity contribution in [2.24, 2.45) is 0 Å². The van der Waals surface area contributed by atoms with E-state index in [2.05, 4.69) is 33.3 Å². The maximum absolute atomic E-state index is 12.3. The second-order valence-electron chi connectivity index (χ2n) is 6.06. The molecule has 1 amide bonds. The molecule has 2 aliphatic heterocycles. The van der Waals surface area contributed by atoms with Crippen molar-refractivity contribution in [2.45, 2.75) is 31.3 Å². The van der Waals surface area contributed by atoms with Crippen molar-refractivity contribution >= 4 is 17.2 Å². The maximum atomic E-state index is 12.3. The zero-order valence-corrected chi connectivity index (χ0v) is 14.1. The first kappa shape index (κ1) is 15.6. The Morgan fingerprint density at radius 3 is 3.25 bits per heavy atom. The fourth-order valence-electron chi connectivity index (χ4n) is 3.16. The van der Waals surface area contributed by atoms with Crippen LogP contribution in [0.4, 0.5) is 0 Å². The Kier molecular flexibility index (Phi) is 4.46. The molecule has 0 aliphatic carbocycles. The Bertz CT molecular complexity index is 719. The summed E-state index contributed by atoms with van der Waals surface area (Å²) in [4.78, 5) is 16.5. The molecule has 3 N–H and O–H groups in total. The molecule has 0 radical (unpaired) electrons. The number of benzene rings is 1. The molecule has 0 bridgehead atoms. The van der Waals surface area contributed by atoms with E-state index in [0.29, 0.717) is 6.54 Å². The first-order valence-corrected chi connectivity index (χ1v) is 9.10. The second-order valence-corrected chi connectivity index (χ2v) is 7.04. The Balaban J connectivity index is 1.30. The molecule has 0 spiro atoms. The number of amides is 1. The van der Waals surface area contributed by atoms with E-state index in [1.807, 2.05) is 11.4 Å². The van der Waals surface area contributed by atoms with Gasteiger partial charge in [-0.25, -0.2) is 15.8 Å². The fraction of sp³-hybridized carbons (Fsp3) is 0.412. The number of hydrazine groups is 1. The van der Waals surface area contributed by atoms with E-state index in [-0.39, 0.29) is 18.0 Å². The molecule has 1 aromatic heterocycles. The summed E-state index contributed by atoms with van der Waals surface area (Å²) in [5.74, 6) is 1.02. The van der Waals surface area contributed by atoms with Crippen LogP contribution in [0.25, 0.3) is 0 Å². The SMILES string of the molecule is O=C(NCCc1nccs1)C1CC(c2ccc3c(c2)CCO3)NN1. The molecule has 2 atom stereocenters. The van der Waals surface area contributed by atoms with E-state index < -0.39 is 0 Å². The molecule has 4 rings (SSSR count). The van der Waals surface area contributed by atoms with Crippen LogP contribution in [0, 0.1) is 0 Å². The molecule has 1 fully saturated rings. The van der Waals surface area contributed by atoms with Gasteiger partial charge in [0.05, 0.1) is 11.6 Å². The molecule has 1 aromatic carbocycles. The maximum Gasteiger partial charge on any atom is 0.238 e. The molecule has 7 heteroatoms. The molecule has 6 nitrogen and oxygen atoms in total. The number of rotatable bonds is 5. The first-order valence-electron chi connectivity index (χ1n) is 8.22. The van der Waals surface area contributed by atoms with Crippen LogP contribution in [0.2, 0.25) is 0 Å². The number of thiazole rings is 1. The van der Waals surface area contributed by atoms with Crippen molar-refractivity contribution in [1.29, 1.82) is 0 Å². The number of hydrogen-bond donors (Lipinski definition) is 3. The number of carbonyl (C=O) groups is 1. The molecular formula is C17H20N4O2S. The molecule has 126 valence electrons. The zero-order chi connectivity index (χ0) is 16.4. The summed E-state index contributed by atoms with van der Waals surface area (Å²) in [7, 11) is 0. The van der Waals surface area contributed by atoms with E-state index in [4.69, 9.17) is 4.74 Å². The molecule has 24 heavy (non-hydrogen) atoms. The van der Waals surface area contributed by atoms with Crippen LogP contribution in [0.15, 0.2) is 29.8 Å². The van der Waals surface area contributed by atoms with Crippen LogP contribution in [-0.4, -0.2) is 30.1 Å². The molecule has 0 saturated carbocycles. The van der Waals surface area contributed by atoms with Crippen molar-refractivity contribution in [2.75, 3.05) is 13.2 Å². The van der Waals surface area contributed by atoms with Gasteiger partial charge in [0, 0.05) is 37.0 Å². The molecule has 3 heterocycles. The minimum absolute atomic E-state index is 0.0334. The van der Waals surface area contributed by atoms with Crippen molar-refractivity contribution < 1.29 is 9.53 Å². The van der Waals surface area contributed by atoms with Gasteiger partial charge in [0.15, 0.2) is 0 Å². The predicted octanol–water partition coefficient (Wildman–Crippen LogP) is 1.34. The third-order valence-electron chi connectivity index (χ3n) is 4.46. The average Bonchev–Trinajstić information content (AvgIpc) is 3.34. The van der Waals surface area contributed by atoms with Gasteiger partial charge in [-0.1, -0.05) is 12.1 Å². The van der Waals surface area contributed by atoms with Gasteiger partial charge < -0.3 is 10.1 Å². The highest BCUT2D eigenvalue weighted by Gasteiger charge is 2.30. The van der Waals surface area contributed by atoms with Crippen LogP contribution >= 0.6 is 11.3 Å². The third-order valence-corrected chi connectivity index (χ3v) is 5.30. The van der Waals surface area contributed by atoms with Crippen molar-refractivity contribution in [3.63, 3.8) is 0 Å². The van der Waals surface area contributed by atoms with E-state index in [1.54, 1.807) is 17.5 Å². The third kappa shape index (κ3) is 3.28. The smallest absolute Gasteiger partial charge is 0.238 e. The van der Waals surface area contributed by atoms with Gasteiger partial charge in [0.1, 0.15) is 11.8 Å². The highest BCUT2D eigenvalue weighted by molar-refractivity contribution is 7.09. The van der Waals surface area contributed by atoms with Gasteiger partial charge in [-0.05, 0) is 23.6 Å². The molecule has 2 aromatic rings. The largest absolute Gasteiger partial charge is 0.493 e. The summed E-state index contributed by atoms with van der Waals surface area (Å²) < 4.78 is 5.55. The van der Waals surface area contributed by atoms with E-state index in [0.717, 1.165) is 36.6 Å². The minimum atomic E-state index is -0.212. The Morgan fingerprint density at radius 1 is 1.42 bits per heavy atom. The van der Waals surface area contributed by atoms with Crippen LogP contribution in [0.1, 0.15) is 28.6 Å². The Labute approximate surface area is 144 Å². The van der Waals surface area contributed by atoms with Gasteiger partial charge in [-0.15, -0.1) is 11.3 Å². The normalized spacial score (nSPS) is 22.2. The molecule has 2 aliphatic rings. The highest BCUT2D eigenvalue weighted by Crippen LogP contribution is 2.30. The van der Waals surface area contributed by atoms with Crippen molar-refractivity contribution in [1.82, 2.24) is 21.2 Å². The number of hydrogen-bond acceptors (Lipinski definition) is 6. The molecule has 2 unspecified atom stereocenters. The Hall–Kier alpha value is -1.96. The molecular weight excluding hydrogens is 324 g/mol. The summed E-state index contributed by atoms with van der Waals surface area (Å²) in [5.41, 5.74) is 8.80. The summed E-state index contributed by atoms with van der Waals surface area (Å²) in [6, 6.07) is 6.22. The van der Waals surface area contributed by atoms with Gasteiger partial charge in [0.25, 0.3) is 0 Å².